The Kier molecular flexibility index (Phi) is 7.61. The van der Waals surface area contributed by atoms with Crippen molar-refractivity contribution in [1.29, 1.82) is 0 Å². The first kappa shape index (κ1) is 17.3. The van der Waals surface area contributed by atoms with Crippen molar-refractivity contribution in [2.24, 2.45) is 0 Å². The fraction of sp³-hybridized carbons (Fsp3) is 0.467. The maximum absolute atomic E-state index is 11.7. The lowest BCUT2D eigenvalue weighted by Crippen LogP contribution is -2.48. The maximum atomic E-state index is 11.7. The third-order valence-corrected chi connectivity index (χ3v) is 3.11. The van der Waals surface area contributed by atoms with Gasteiger partial charge in [0.25, 0.3) is 0 Å². The van der Waals surface area contributed by atoms with Crippen LogP contribution in [0.3, 0.4) is 0 Å². The zero-order chi connectivity index (χ0) is 15.7. The summed E-state index contributed by atoms with van der Waals surface area (Å²) in [5.41, 5.74) is 1.05. The van der Waals surface area contributed by atoms with Crippen LogP contribution in [0.1, 0.15) is 25.8 Å². The van der Waals surface area contributed by atoms with Gasteiger partial charge < -0.3 is 16.0 Å². The lowest BCUT2D eigenvalue weighted by Gasteiger charge is -2.14. The molecule has 0 saturated carbocycles. The summed E-state index contributed by atoms with van der Waals surface area (Å²) < 4.78 is 0. The molecule has 3 amide bonds. The molecule has 0 aromatic heterocycles. The predicted octanol–water partition coefficient (Wildman–Crippen LogP) is 2.10. The number of urea groups is 1. The number of carbonyl (C=O) groups is 2. The molecule has 0 bridgehead atoms. The van der Waals surface area contributed by atoms with E-state index >= 15 is 0 Å². The number of halogens is 1. The normalized spacial score (nSPS) is 11.6. The average Bonchev–Trinajstić information content (AvgIpc) is 2.44. The van der Waals surface area contributed by atoms with Crippen molar-refractivity contribution < 1.29 is 9.59 Å². The van der Waals surface area contributed by atoms with Crippen LogP contribution in [0.15, 0.2) is 24.3 Å². The Bertz CT molecular complexity index is 480. The second kappa shape index (κ2) is 9.23. The van der Waals surface area contributed by atoms with E-state index in [4.69, 9.17) is 11.6 Å². The van der Waals surface area contributed by atoms with Crippen molar-refractivity contribution in [3.63, 3.8) is 0 Å². The predicted molar refractivity (Wildman–Crippen MR) is 84.5 cm³/mol. The van der Waals surface area contributed by atoms with Gasteiger partial charge in [0.1, 0.15) is 6.04 Å². The van der Waals surface area contributed by atoms with E-state index in [1.807, 2.05) is 31.2 Å². The van der Waals surface area contributed by atoms with Crippen LogP contribution in [0.5, 0.6) is 0 Å². The highest BCUT2D eigenvalue weighted by atomic mass is 35.5. The number of rotatable bonds is 7. The van der Waals surface area contributed by atoms with Crippen LogP contribution in [-0.4, -0.2) is 31.1 Å². The van der Waals surface area contributed by atoms with Gasteiger partial charge in [-0.1, -0.05) is 30.7 Å². The van der Waals surface area contributed by atoms with Gasteiger partial charge in [-0.15, -0.1) is 0 Å². The SMILES string of the molecule is CCCNC(=O)[C@@H](C)NC(=O)NCCc1cccc(Cl)c1. The van der Waals surface area contributed by atoms with Crippen LogP contribution in [-0.2, 0) is 11.2 Å². The Morgan fingerprint density at radius 2 is 2.00 bits per heavy atom. The fourth-order valence-electron chi connectivity index (χ4n) is 1.73. The number of hydrogen-bond acceptors (Lipinski definition) is 2. The molecule has 1 aromatic carbocycles. The Morgan fingerprint density at radius 1 is 1.24 bits per heavy atom. The number of carbonyl (C=O) groups excluding carboxylic acids is 2. The van der Waals surface area contributed by atoms with Crippen molar-refractivity contribution in [1.82, 2.24) is 16.0 Å². The van der Waals surface area contributed by atoms with E-state index < -0.39 is 6.04 Å². The fourth-order valence-corrected chi connectivity index (χ4v) is 1.94. The minimum atomic E-state index is -0.553. The molecule has 1 aromatic rings. The number of amides is 3. The minimum Gasteiger partial charge on any atom is -0.354 e. The summed E-state index contributed by atoms with van der Waals surface area (Å²) in [5.74, 6) is -0.179. The van der Waals surface area contributed by atoms with E-state index in [2.05, 4.69) is 16.0 Å². The monoisotopic (exact) mass is 311 g/mol. The highest BCUT2D eigenvalue weighted by molar-refractivity contribution is 6.30. The lowest BCUT2D eigenvalue weighted by molar-refractivity contribution is -0.122. The van der Waals surface area contributed by atoms with Crippen LogP contribution in [0.25, 0.3) is 0 Å². The summed E-state index contributed by atoms with van der Waals surface area (Å²) in [7, 11) is 0. The molecule has 1 rings (SSSR count). The van der Waals surface area contributed by atoms with Gasteiger partial charge in [-0.25, -0.2) is 4.79 Å². The van der Waals surface area contributed by atoms with Gasteiger partial charge in [0.05, 0.1) is 0 Å². The molecule has 0 aliphatic carbocycles. The summed E-state index contributed by atoms with van der Waals surface area (Å²) in [4.78, 5) is 23.3. The van der Waals surface area contributed by atoms with Crippen LogP contribution < -0.4 is 16.0 Å². The third-order valence-electron chi connectivity index (χ3n) is 2.88. The van der Waals surface area contributed by atoms with E-state index in [0.717, 1.165) is 12.0 Å². The molecule has 0 spiro atoms. The first-order valence-corrected chi connectivity index (χ1v) is 7.47. The molecule has 116 valence electrons. The topological polar surface area (TPSA) is 70.2 Å². The molecule has 21 heavy (non-hydrogen) atoms. The highest BCUT2D eigenvalue weighted by Gasteiger charge is 2.14. The smallest absolute Gasteiger partial charge is 0.315 e. The molecule has 0 aliphatic rings. The van der Waals surface area contributed by atoms with Crippen molar-refractivity contribution in [3.8, 4) is 0 Å². The van der Waals surface area contributed by atoms with E-state index in [0.29, 0.717) is 24.5 Å². The average molecular weight is 312 g/mol. The molecule has 5 nitrogen and oxygen atoms in total. The first-order chi connectivity index (χ1) is 10.0. The van der Waals surface area contributed by atoms with Crippen LogP contribution in [0.2, 0.25) is 5.02 Å². The Balaban J connectivity index is 2.26. The lowest BCUT2D eigenvalue weighted by atomic mass is 10.1. The Labute approximate surface area is 130 Å². The van der Waals surface area contributed by atoms with E-state index in [1.54, 1.807) is 6.92 Å². The third kappa shape index (κ3) is 6.99. The van der Waals surface area contributed by atoms with Crippen molar-refractivity contribution >= 4 is 23.5 Å². The van der Waals surface area contributed by atoms with Crippen LogP contribution in [0, 0.1) is 0 Å². The highest BCUT2D eigenvalue weighted by Crippen LogP contribution is 2.10. The number of nitrogens with one attached hydrogen (secondary N) is 3. The number of benzene rings is 1. The molecule has 1 atom stereocenters. The van der Waals surface area contributed by atoms with Crippen molar-refractivity contribution in [3.05, 3.63) is 34.9 Å². The van der Waals surface area contributed by atoms with E-state index in [1.165, 1.54) is 0 Å². The summed E-state index contributed by atoms with van der Waals surface area (Å²) in [6.45, 7) is 4.72. The second-order valence-electron chi connectivity index (χ2n) is 4.79. The van der Waals surface area contributed by atoms with Gasteiger partial charge in [0.15, 0.2) is 0 Å². The summed E-state index contributed by atoms with van der Waals surface area (Å²) in [6.07, 6.45) is 1.55. The molecule has 0 fully saturated rings. The molecule has 0 heterocycles. The standard InChI is InChI=1S/C15H22ClN3O2/c1-3-8-17-14(20)11(2)19-15(21)18-9-7-12-5-4-6-13(16)10-12/h4-6,10-11H,3,7-9H2,1-2H3,(H,17,20)(H2,18,19,21)/t11-/m1/s1. The molecular formula is C15H22ClN3O2. The van der Waals surface area contributed by atoms with Crippen LogP contribution >= 0.6 is 11.6 Å². The minimum absolute atomic E-state index is 0.179. The van der Waals surface area contributed by atoms with E-state index in [9.17, 15) is 9.59 Å². The van der Waals surface area contributed by atoms with Gasteiger partial charge in [-0.05, 0) is 37.5 Å². The number of hydrogen-bond donors (Lipinski definition) is 3. The van der Waals surface area contributed by atoms with Gasteiger partial charge in [0, 0.05) is 18.1 Å². The second-order valence-corrected chi connectivity index (χ2v) is 5.23. The molecule has 0 unspecified atom stereocenters. The molecule has 6 heteroatoms. The molecular weight excluding hydrogens is 290 g/mol. The van der Waals surface area contributed by atoms with Gasteiger partial charge in [-0.3, -0.25) is 4.79 Å². The Hall–Kier alpha value is -1.75. The molecule has 0 radical (unpaired) electrons. The van der Waals surface area contributed by atoms with Gasteiger partial charge in [-0.2, -0.15) is 0 Å². The Morgan fingerprint density at radius 3 is 2.67 bits per heavy atom. The summed E-state index contributed by atoms with van der Waals surface area (Å²) in [5, 5.41) is 8.73. The largest absolute Gasteiger partial charge is 0.354 e. The first-order valence-electron chi connectivity index (χ1n) is 7.09. The quantitative estimate of drug-likeness (QED) is 0.721. The zero-order valence-corrected chi connectivity index (χ0v) is 13.2. The van der Waals surface area contributed by atoms with E-state index in [-0.39, 0.29) is 11.9 Å². The zero-order valence-electron chi connectivity index (χ0n) is 12.4. The van der Waals surface area contributed by atoms with Gasteiger partial charge >= 0.3 is 6.03 Å². The van der Waals surface area contributed by atoms with Crippen molar-refractivity contribution in [2.75, 3.05) is 13.1 Å². The van der Waals surface area contributed by atoms with Gasteiger partial charge in [0.2, 0.25) is 5.91 Å². The molecule has 0 saturated heterocycles. The summed E-state index contributed by atoms with van der Waals surface area (Å²) >= 11 is 5.89. The molecule has 3 N–H and O–H groups in total. The van der Waals surface area contributed by atoms with Crippen molar-refractivity contribution in [2.45, 2.75) is 32.7 Å². The van der Waals surface area contributed by atoms with Crippen LogP contribution in [0.4, 0.5) is 4.79 Å². The maximum Gasteiger partial charge on any atom is 0.315 e. The molecule has 0 aliphatic heterocycles. The summed E-state index contributed by atoms with van der Waals surface area (Å²) in [6, 6.07) is 6.59.